The van der Waals surface area contributed by atoms with E-state index in [2.05, 4.69) is 0 Å². The first-order valence-corrected chi connectivity index (χ1v) is 5.14. The van der Waals surface area contributed by atoms with Crippen molar-refractivity contribution >= 4 is 11.2 Å². The van der Waals surface area contributed by atoms with Gasteiger partial charge in [0.2, 0.25) is 0 Å². The summed E-state index contributed by atoms with van der Waals surface area (Å²) in [4.78, 5) is 0. The predicted octanol–water partition coefficient (Wildman–Crippen LogP) is 2.34. The largest absolute Gasteiger partial charge is 0.617 e. The molecule has 0 aliphatic carbocycles. The highest BCUT2D eigenvalue weighted by Crippen LogP contribution is 2.38. The minimum atomic E-state index is -5.50. The third kappa shape index (κ3) is 4.66. The summed E-state index contributed by atoms with van der Waals surface area (Å²) in [6, 6.07) is 0. The normalized spacial score (nSPS) is 15.9. The van der Waals surface area contributed by atoms with Crippen LogP contribution in [0.1, 0.15) is 12.8 Å². The van der Waals surface area contributed by atoms with Crippen molar-refractivity contribution < 1.29 is 26.5 Å². The Balaban J connectivity index is 3.90. The lowest BCUT2D eigenvalue weighted by molar-refractivity contribution is -0.284. The van der Waals surface area contributed by atoms with Gasteiger partial charge >= 0.3 is 12.1 Å². The van der Waals surface area contributed by atoms with Crippen molar-refractivity contribution in [2.75, 3.05) is 12.0 Å². The van der Waals surface area contributed by atoms with Crippen LogP contribution in [0.2, 0.25) is 0 Å². The van der Waals surface area contributed by atoms with Crippen LogP contribution in [0.15, 0.2) is 0 Å². The summed E-state index contributed by atoms with van der Waals surface area (Å²) in [6.07, 6.45) is -5.93. The first kappa shape index (κ1) is 13.0. The van der Waals surface area contributed by atoms with E-state index in [1.807, 2.05) is 0 Å². The Morgan fingerprint density at radius 1 is 1.15 bits per heavy atom. The molecule has 0 unspecified atom stereocenters. The lowest BCUT2D eigenvalue weighted by Crippen LogP contribution is -2.36. The monoisotopic (exact) mass is 224 g/mol. The standard InChI is InChI=1S/C6H9F5OS/c1-13(12)4-2-3-5(7,8)6(9,10)11/h2-4H2,1H3/t13-/m0/s1. The van der Waals surface area contributed by atoms with Crippen LogP contribution in [0, 0.1) is 0 Å². The van der Waals surface area contributed by atoms with Crippen molar-refractivity contribution in [3.8, 4) is 0 Å². The molecule has 0 saturated carbocycles. The van der Waals surface area contributed by atoms with Crippen molar-refractivity contribution in [3.05, 3.63) is 0 Å². The highest BCUT2D eigenvalue weighted by Gasteiger charge is 2.56. The van der Waals surface area contributed by atoms with E-state index in [1.54, 1.807) is 0 Å². The van der Waals surface area contributed by atoms with Crippen LogP contribution in [0.4, 0.5) is 22.0 Å². The van der Waals surface area contributed by atoms with Gasteiger partial charge in [-0.1, -0.05) is 11.2 Å². The Labute approximate surface area is 75.5 Å². The molecule has 0 aliphatic heterocycles. The third-order valence-corrected chi connectivity index (χ3v) is 2.20. The molecule has 0 amide bonds. The molecule has 0 heterocycles. The summed E-state index contributed by atoms with van der Waals surface area (Å²) in [5, 5.41) is 0. The van der Waals surface area contributed by atoms with Gasteiger partial charge < -0.3 is 4.55 Å². The number of hydrogen-bond donors (Lipinski definition) is 0. The summed E-state index contributed by atoms with van der Waals surface area (Å²) >= 11 is -1.33. The molecule has 0 aromatic carbocycles. The average molecular weight is 224 g/mol. The zero-order valence-corrected chi connectivity index (χ0v) is 7.64. The minimum Gasteiger partial charge on any atom is -0.617 e. The molecular weight excluding hydrogens is 215 g/mol. The molecule has 1 atom stereocenters. The number of hydrogen-bond acceptors (Lipinski definition) is 1. The Morgan fingerprint density at radius 2 is 1.62 bits per heavy atom. The Hall–Kier alpha value is -0.0400. The number of rotatable bonds is 4. The summed E-state index contributed by atoms with van der Waals surface area (Å²) in [5.41, 5.74) is 0. The molecule has 13 heavy (non-hydrogen) atoms. The summed E-state index contributed by atoms with van der Waals surface area (Å²) in [5.74, 6) is -4.79. The van der Waals surface area contributed by atoms with Crippen LogP contribution in [-0.4, -0.2) is 28.7 Å². The molecule has 0 aliphatic rings. The second-order valence-corrected chi connectivity index (χ2v) is 4.14. The van der Waals surface area contributed by atoms with Gasteiger partial charge in [0.1, 0.15) is 5.75 Å². The first-order valence-electron chi connectivity index (χ1n) is 3.41. The van der Waals surface area contributed by atoms with Crippen LogP contribution in [-0.2, 0) is 11.2 Å². The summed E-state index contributed by atoms with van der Waals surface area (Å²) in [7, 11) is 0. The number of alkyl halides is 5. The molecule has 0 radical (unpaired) electrons. The van der Waals surface area contributed by atoms with Gasteiger partial charge in [0.05, 0.1) is 6.26 Å². The van der Waals surface area contributed by atoms with Gasteiger partial charge in [-0.25, -0.2) is 0 Å². The van der Waals surface area contributed by atoms with Crippen LogP contribution in [0.3, 0.4) is 0 Å². The second-order valence-electron chi connectivity index (χ2n) is 2.58. The fourth-order valence-corrected chi connectivity index (χ4v) is 1.19. The van der Waals surface area contributed by atoms with E-state index in [9.17, 15) is 26.5 Å². The average Bonchev–Trinajstić information content (AvgIpc) is 1.82. The second kappa shape index (κ2) is 4.45. The zero-order valence-electron chi connectivity index (χ0n) is 6.83. The van der Waals surface area contributed by atoms with Gasteiger partial charge in [-0.05, 0) is 6.42 Å². The molecule has 0 spiro atoms. The van der Waals surface area contributed by atoms with Gasteiger partial charge in [0.25, 0.3) is 0 Å². The van der Waals surface area contributed by atoms with E-state index in [-0.39, 0.29) is 5.75 Å². The van der Waals surface area contributed by atoms with E-state index in [1.165, 1.54) is 6.26 Å². The van der Waals surface area contributed by atoms with E-state index >= 15 is 0 Å². The van der Waals surface area contributed by atoms with E-state index in [0.29, 0.717) is 0 Å². The fraction of sp³-hybridized carbons (Fsp3) is 1.00. The van der Waals surface area contributed by atoms with Gasteiger partial charge in [0.15, 0.2) is 0 Å². The van der Waals surface area contributed by atoms with Crippen LogP contribution in [0.25, 0.3) is 0 Å². The Kier molecular flexibility index (Phi) is 4.44. The van der Waals surface area contributed by atoms with E-state index in [0.717, 1.165) is 0 Å². The highest BCUT2D eigenvalue weighted by atomic mass is 32.2. The summed E-state index contributed by atoms with van der Waals surface area (Å²) < 4.78 is 69.3. The molecule has 1 nitrogen and oxygen atoms in total. The van der Waals surface area contributed by atoms with Crippen molar-refractivity contribution in [2.45, 2.75) is 24.9 Å². The van der Waals surface area contributed by atoms with Crippen LogP contribution < -0.4 is 0 Å². The highest BCUT2D eigenvalue weighted by molar-refractivity contribution is 7.90. The van der Waals surface area contributed by atoms with Crippen LogP contribution in [0.5, 0.6) is 0 Å². The third-order valence-electron chi connectivity index (χ3n) is 1.34. The molecule has 0 aromatic heterocycles. The molecule has 0 saturated heterocycles. The summed E-state index contributed by atoms with van der Waals surface area (Å²) in [6.45, 7) is 0. The maximum atomic E-state index is 12.2. The molecular formula is C6H9F5OS. The van der Waals surface area contributed by atoms with Gasteiger partial charge in [0, 0.05) is 6.42 Å². The molecule has 0 bridgehead atoms. The van der Waals surface area contributed by atoms with Crippen molar-refractivity contribution in [1.82, 2.24) is 0 Å². The number of halogens is 5. The Bertz CT molecular complexity index is 156. The van der Waals surface area contributed by atoms with Gasteiger partial charge in [-0.15, -0.1) is 0 Å². The maximum absolute atomic E-state index is 12.2. The molecule has 7 heteroatoms. The topological polar surface area (TPSA) is 23.1 Å². The van der Waals surface area contributed by atoms with Gasteiger partial charge in [-0.3, -0.25) is 0 Å². The Morgan fingerprint density at radius 3 is 1.92 bits per heavy atom. The molecule has 0 rings (SSSR count). The van der Waals surface area contributed by atoms with Crippen molar-refractivity contribution in [1.29, 1.82) is 0 Å². The van der Waals surface area contributed by atoms with Gasteiger partial charge in [-0.2, -0.15) is 22.0 Å². The molecule has 0 fully saturated rings. The SMILES string of the molecule is C[S@+]([O-])CCCC(F)(F)C(F)(F)F. The lowest BCUT2D eigenvalue weighted by atomic mass is 10.2. The quantitative estimate of drug-likeness (QED) is 0.531. The van der Waals surface area contributed by atoms with E-state index < -0.39 is 36.1 Å². The van der Waals surface area contributed by atoms with Crippen molar-refractivity contribution in [3.63, 3.8) is 0 Å². The zero-order chi connectivity index (χ0) is 10.7. The fourth-order valence-electron chi connectivity index (χ4n) is 0.639. The minimum absolute atomic E-state index is 0.133. The predicted molar refractivity (Wildman–Crippen MR) is 39.2 cm³/mol. The van der Waals surface area contributed by atoms with Crippen molar-refractivity contribution in [2.24, 2.45) is 0 Å². The first-order chi connectivity index (χ1) is 5.67. The molecule has 0 N–H and O–H groups in total. The molecule has 0 aromatic rings. The lowest BCUT2D eigenvalue weighted by Gasteiger charge is -2.19. The van der Waals surface area contributed by atoms with E-state index in [4.69, 9.17) is 0 Å². The van der Waals surface area contributed by atoms with Crippen LogP contribution >= 0.6 is 0 Å². The maximum Gasteiger partial charge on any atom is 0.453 e. The smallest absolute Gasteiger partial charge is 0.453 e. The molecule has 80 valence electrons.